The summed E-state index contributed by atoms with van der Waals surface area (Å²) in [6, 6.07) is 5.05. The summed E-state index contributed by atoms with van der Waals surface area (Å²) in [6.45, 7) is 1.88. The number of oxime groups is 1. The van der Waals surface area contributed by atoms with Crippen molar-refractivity contribution < 1.29 is 20.2 Å². The predicted molar refractivity (Wildman–Crippen MR) is 67.3 cm³/mol. The molecule has 0 fully saturated rings. The van der Waals surface area contributed by atoms with Gasteiger partial charge >= 0.3 is 5.97 Å². The Labute approximate surface area is 105 Å². The molecular formula is C13H17NO4. The van der Waals surface area contributed by atoms with Crippen molar-refractivity contribution in [2.24, 2.45) is 5.16 Å². The van der Waals surface area contributed by atoms with Crippen LogP contribution < -0.4 is 0 Å². The maximum Gasteiger partial charge on any atom is 0.303 e. The first kappa shape index (κ1) is 14.0. The van der Waals surface area contributed by atoms with Gasteiger partial charge in [-0.3, -0.25) is 4.79 Å². The number of hydrogen-bond acceptors (Lipinski definition) is 4. The zero-order valence-corrected chi connectivity index (χ0v) is 10.3. The number of carboxylic acid groups (broad SMARTS) is 1. The predicted octanol–water partition coefficient (Wildman–Crippen LogP) is 2.52. The van der Waals surface area contributed by atoms with E-state index < -0.39 is 5.97 Å². The number of unbranched alkanes of at least 4 members (excludes halogenated alkanes) is 1. The molecule has 0 amide bonds. The number of phenols is 1. The third-order valence-corrected chi connectivity index (χ3v) is 2.64. The van der Waals surface area contributed by atoms with Crippen LogP contribution in [0.2, 0.25) is 0 Å². The quantitative estimate of drug-likeness (QED) is 0.313. The summed E-state index contributed by atoms with van der Waals surface area (Å²) in [7, 11) is 0. The lowest BCUT2D eigenvalue weighted by Gasteiger charge is -2.07. The number of carboxylic acids is 1. The molecule has 5 nitrogen and oxygen atoms in total. The SMILES string of the molecule is Cc1ccc(O)c(/C(CCCCC(=O)O)=N\O)c1. The van der Waals surface area contributed by atoms with E-state index >= 15 is 0 Å². The standard InChI is InChI=1S/C13H17NO4/c1-9-6-7-12(15)10(8-9)11(14-18)4-2-3-5-13(16)17/h6-8,15,18H,2-5H2,1H3,(H,16,17)/b14-11-. The van der Waals surface area contributed by atoms with Gasteiger partial charge in [-0.25, -0.2) is 0 Å². The van der Waals surface area contributed by atoms with Crippen LogP contribution in [0.5, 0.6) is 5.75 Å². The van der Waals surface area contributed by atoms with Gasteiger partial charge in [0.15, 0.2) is 0 Å². The van der Waals surface area contributed by atoms with Gasteiger partial charge in [0.2, 0.25) is 0 Å². The Morgan fingerprint density at radius 3 is 2.56 bits per heavy atom. The second-order valence-electron chi connectivity index (χ2n) is 4.17. The number of nitrogens with zero attached hydrogens (tertiary/aromatic N) is 1. The smallest absolute Gasteiger partial charge is 0.303 e. The van der Waals surface area contributed by atoms with E-state index in [1.165, 1.54) is 0 Å². The van der Waals surface area contributed by atoms with Gasteiger partial charge in [-0.2, -0.15) is 0 Å². The third-order valence-electron chi connectivity index (χ3n) is 2.64. The molecule has 0 unspecified atom stereocenters. The summed E-state index contributed by atoms with van der Waals surface area (Å²) < 4.78 is 0. The van der Waals surface area contributed by atoms with Crippen molar-refractivity contribution in [3.05, 3.63) is 29.3 Å². The number of aryl methyl sites for hydroxylation is 1. The first-order valence-electron chi connectivity index (χ1n) is 5.77. The molecule has 1 aromatic rings. The molecular weight excluding hydrogens is 234 g/mol. The van der Waals surface area contributed by atoms with E-state index in [0.717, 1.165) is 5.56 Å². The van der Waals surface area contributed by atoms with Crippen molar-refractivity contribution in [1.82, 2.24) is 0 Å². The van der Waals surface area contributed by atoms with Gasteiger partial charge in [-0.15, -0.1) is 0 Å². The van der Waals surface area contributed by atoms with Crippen molar-refractivity contribution in [3.63, 3.8) is 0 Å². The fourth-order valence-electron chi connectivity index (χ4n) is 1.69. The zero-order chi connectivity index (χ0) is 13.5. The summed E-state index contributed by atoms with van der Waals surface area (Å²) in [5, 5.41) is 30.4. The van der Waals surface area contributed by atoms with E-state index in [-0.39, 0.29) is 12.2 Å². The number of benzene rings is 1. The van der Waals surface area contributed by atoms with Crippen LogP contribution in [0, 0.1) is 6.92 Å². The highest BCUT2D eigenvalue weighted by molar-refractivity contribution is 6.02. The highest BCUT2D eigenvalue weighted by atomic mass is 16.4. The molecule has 0 saturated heterocycles. The molecule has 18 heavy (non-hydrogen) atoms. The van der Waals surface area contributed by atoms with Crippen molar-refractivity contribution in [3.8, 4) is 5.75 Å². The molecule has 3 N–H and O–H groups in total. The summed E-state index contributed by atoms with van der Waals surface area (Å²) in [6.07, 6.45) is 1.64. The van der Waals surface area contributed by atoms with E-state index in [2.05, 4.69) is 5.16 Å². The maximum atomic E-state index is 10.4. The van der Waals surface area contributed by atoms with Crippen molar-refractivity contribution >= 4 is 11.7 Å². The Morgan fingerprint density at radius 1 is 1.28 bits per heavy atom. The van der Waals surface area contributed by atoms with E-state index in [9.17, 15) is 9.90 Å². The van der Waals surface area contributed by atoms with Crippen LogP contribution in [0.15, 0.2) is 23.4 Å². The van der Waals surface area contributed by atoms with Gasteiger partial charge in [0.05, 0.1) is 5.71 Å². The minimum Gasteiger partial charge on any atom is -0.507 e. The zero-order valence-electron chi connectivity index (χ0n) is 10.3. The van der Waals surface area contributed by atoms with E-state index in [4.69, 9.17) is 10.3 Å². The molecule has 0 aliphatic rings. The largest absolute Gasteiger partial charge is 0.507 e. The normalized spacial score (nSPS) is 11.5. The lowest BCUT2D eigenvalue weighted by molar-refractivity contribution is -0.137. The molecule has 0 aromatic heterocycles. The Bertz CT molecular complexity index is 454. The second kappa shape index (κ2) is 6.64. The molecule has 5 heteroatoms. The van der Waals surface area contributed by atoms with Crippen LogP contribution >= 0.6 is 0 Å². The van der Waals surface area contributed by atoms with E-state index in [1.54, 1.807) is 18.2 Å². The molecule has 0 aliphatic carbocycles. The molecule has 1 aromatic carbocycles. The first-order chi connectivity index (χ1) is 8.54. The second-order valence-corrected chi connectivity index (χ2v) is 4.17. The highest BCUT2D eigenvalue weighted by Crippen LogP contribution is 2.21. The topological polar surface area (TPSA) is 90.1 Å². The van der Waals surface area contributed by atoms with Crippen LogP contribution in [0.25, 0.3) is 0 Å². The monoisotopic (exact) mass is 251 g/mol. The minimum atomic E-state index is -0.837. The number of aliphatic carboxylic acids is 1. The number of aromatic hydroxyl groups is 1. The molecule has 0 spiro atoms. The number of rotatable bonds is 6. The number of hydrogen-bond donors (Lipinski definition) is 3. The van der Waals surface area contributed by atoms with Crippen molar-refractivity contribution in [1.29, 1.82) is 0 Å². The fourth-order valence-corrected chi connectivity index (χ4v) is 1.69. The molecule has 0 bridgehead atoms. The molecule has 0 radical (unpaired) electrons. The van der Waals surface area contributed by atoms with Crippen molar-refractivity contribution in [2.45, 2.75) is 32.6 Å². The van der Waals surface area contributed by atoms with Crippen LogP contribution in [0.3, 0.4) is 0 Å². The third kappa shape index (κ3) is 4.08. The molecule has 98 valence electrons. The Kier molecular flexibility index (Phi) is 5.17. The molecule has 0 heterocycles. The molecule has 0 atom stereocenters. The Hall–Kier alpha value is -2.04. The van der Waals surface area contributed by atoms with Gasteiger partial charge in [-0.1, -0.05) is 16.8 Å². The van der Waals surface area contributed by atoms with Gasteiger partial charge in [-0.05, 0) is 38.3 Å². The molecule has 1 rings (SSSR count). The Balaban J connectivity index is 2.66. The molecule has 0 aliphatic heterocycles. The number of carbonyl (C=O) groups is 1. The van der Waals surface area contributed by atoms with Crippen LogP contribution in [0.1, 0.15) is 36.8 Å². The lowest BCUT2D eigenvalue weighted by Crippen LogP contribution is -2.03. The van der Waals surface area contributed by atoms with Crippen LogP contribution in [-0.4, -0.2) is 27.1 Å². The maximum absolute atomic E-state index is 10.4. The van der Waals surface area contributed by atoms with E-state index in [0.29, 0.717) is 30.5 Å². The van der Waals surface area contributed by atoms with Gasteiger partial charge < -0.3 is 15.4 Å². The van der Waals surface area contributed by atoms with Crippen LogP contribution in [-0.2, 0) is 4.79 Å². The van der Waals surface area contributed by atoms with Gasteiger partial charge in [0.1, 0.15) is 5.75 Å². The van der Waals surface area contributed by atoms with Crippen molar-refractivity contribution in [2.75, 3.05) is 0 Å². The summed E-state index contributed by atoms with van der Waals surface area (Å²) >= 11 is 0. The van der Waals surface area contributed by atoms with Crippen LogP contribution in [0.4, 0.5) is 0 Å². The first-order valence-corrected chi connectivity index (χ1v) is 5.77. The van der Waals surface area contributed by atoms with Gasteiger partial charge in [0.25, 0.3) is 0 Å². The Morgan fingerprint density at radius 2 is 1.94 bits per heavy atom. The fraction of sp³-hybridized carbons (Fsp3) is 0.385. The average Bonchev–Trinajstić information content (AvgIpc) is 2.33. The summed E-state index contributed by atoms with van der Waals surface area (Å²) in [5.74, 6) is -0.775. The number of phenolic OH excluding ortho intramolecular Hbond substituents is 1. The van der Waals surface area contributed by atoms with E-state index in [1.807, 2.05) is 6.92 Å². The summed E-state index contributed by atoms with van der Waals surface area (Å²) in [5.41, 5.74) is 1.82. The lowest BCUT2D eigenvalue weighted by atomic mass is 10.0. The summed E-state index contributed by atoms with van der Waals surface area (Å²) in [4.78, 5) is 10.4. The minimum absolute atomic E-state index is 0.0617. The molecule has 0 saturated carbocycles. The highest BCUT2D eigenvalue weighted by Gasteiger charge is 2.10. The van der Waals surface area contributed by atoms with Gasteiger partial charge in [0, 0.05) is 12.0 Å². The average molecular weight is 251 g/mol.